The molecule has 2 aromatic heterocycles. The van der Waals surface area contributed by atoms with Gasteiger partial charge in [-0.15, -0.1) is 0 Å². The number of carbonyl (C=O) groups is 2. The minimum atomic E-state index is -1.13. The van der Waals surface area contributed by atoms with E-state index in [0.29, 0.717) is 6.42 Å². The molecule has 2 unspecified atom stereocenters. The molecule has 168 valence electrons. The first-order valence-corrected chi connectivity index (χ1v) is 10.4. The van der Waals surface area contributed by atoms with Gasteiger partial charge >= 0.3 is 6.09 Å². The molecule has 3 aromatic rings. The SMILES string of the molecule is Cn1nccc1-c1ccc(C(=O)NC(Cc2ccccc2)C(NC(=O)O)C(C)(C)C)nc1. The maximum absolute atomic E-state index is 13.1. The van der Waals surface area contributed by atoms with Crippen molar-refractivity contribution in [2.24, 2.45) is 12.5 Å². The predicted molar refractivity (Wildman–Crippen MR) is 122 cm³/mol. The molecule has 32 heavy (non-hydrogen) atoms. The van der Waals surface area contributed by atoms with Crippen molar-refractivity contribution in [3.8, 4) is 11.3 Å². The molecule has 8 heteroatoms. The van der Waals surface area contributed by atoms with Crippen LogP contribution >= 0.6 is 0 Å². The van der Waals surface area contributed by atoms with Crippen LogP contribution in [0.15, 0.2) is 60.9 Å². The van der Waals surface area contributed by atoms with Gasteiger partial charge in [-0.05, 0) is 35.6 Å². The number of amides is 2. The molecule has 0 aliphatic carbocycles. The number of hydrogen-bond acceptors (Lipinski definition) is 4. The fourth-order valence-corrected chi connectivity index (χ4v) is 3.75. The fraction of sp³-hybridized carbons (Fsp3) is 0.333. The van der Waals surface area contributed by atoms with Crippen molar-refractivity contribution in [3.05, 3.63) is 72.2 Å². The third-order valence-corrected chi connectivity index (χ3v) is 5.34. The lowest BCUT2D eigenvalue weighted by Crippen LogP contribution is -2.58. The van der Waals surface area contributed by atoms with Crippen LogP contribution in [0.25, 0.3) is 11.3 Å². The molecule has 1 aromatic carbocycles. The lowest BCUT2D eigenvalue weighted by atomic mass is 9.80. The normalized spacial score (nSPS) is 13.2. The highest BCUT2D eigenvalue weighted by Gasteiger charge is 2.35. The second-order valence-electron chi connectivity index (χ2n) is 8.84. The van der Waals surface area contributed by atoms with Crippen LogP contribution in [0.3, 0.4) is 0 Å². The Morgan fingerprint density at radius 1 is 1.06 bits per heavy atom. The number of hydrogen-bond donors (Lipinski definition) is 3. The monoisotopic (exact) mass is 435 g/mol. The zero-order valence-electron chi connectivity index (χ0n) is 18.7. The molecular formula is C24H29N5O3. The Balaban J connectivity index is 1.85. The van der Waals surface area contributed by atoms with Crippen molar-refractivity contribution in [2.75, 3.05) is 0 Å². The van der Waals surface area contributed by atoms with Gasteiger partial charge in [0.1, 0.15) is 5.69 Å². The minimum Gasteiger partial charge on any atom is -0.465 e. The van der Waals surface area contributed by atoms with Crippen LogP contribution in [-0.4, -0.2) is 44.0 Å². The number of aryl methyl sites for hydroxylation is 1. The first-order chi connectivity index (χ1) is 15.1. The lowest BCUT2D eigenvalue weighted by molar-refractivity contribution is 0.0896. The van der Waals surface area contributed by atoms with Crippen LogP contribution in [0.1, 0.15) is 36.8 Å². The zero-order chi connectivity index (χ0) is 23.3. The molecular weight excluding hydrogens is 406 g/mol. The Kier molecular flexibility index (Phi) is 6.92. The molecule has 0 fully saturated rings. The van der Waals surface area contributed by atoms with Gasteiger partial charge in [-0.25, -0.2) is 4.79 Å². The van der Waals surface area contributed by atoms with E-state index in [-0.39, 0.29) is 11.6 Å². The third kappa shape index (κ3) is 5.72. The number of carboxylic acid groups (broad SMARTS) is 1. The summed E-state index contributed by atoms with van der Waals surface area (Å²) in [5.41, 5.74) is 2.57. The molecule has 2 amide bonds. The molecule has 0 bridgehead atoms. The van der Waals surface area contributed by atoms with Crippen molar-refractivity contribution < 1.29 is 14.7 Å². The average molecular weight is 436 g/mol. The van der Waals surface area contributed by atoms with Crippen molar-refractivity contribution in [1.82, 2.24) is 25.4 Å². The Labute approximate surface area is 187 Å². The van der Waals surface area contributed by atoms with Crippen molar-refractivity contribution in [1.29, 1.82) is 0 Å². The van der Waals surface area contributed by atoms with E-state index in [4.69, 9.17) is 0 Å². The topological polar surface area (TPSA) is 109 Å². The Bertz CT molecular complexity index is 1060. The molecule has 8 nitrogen and oxygen atoms in total. The van der Waals surface area contributed by atoms with Crippen LogP contribution in [-0.2, 0) is 13.5 Å². The van der Waals surface area contributed by atoms with Crippen LogP contribution in [0.5, 0.6) is 0 Å². The highest BCUT2D eigenvalue weighted by molar-refractivity contribution is 5.92. The van der Waals surface area contributed by atoms with Crippen LogP contribution < -0.4 is 10.6 Å². The number of benzene rings is 1. The molecule has 0 saturated carbocycles. The molecule has 3 rings (SSSR count). The number of nitrogens with one attached hydrogen (secondary N) is 2. The van der Waals surface area contributed by atoms with Crippen LogP contribution in [0, 0.1) is 5.41 Å². The van der Waals surface area contributed by atoms with E-state index >= 15 is 0 Å². The van der Waals surface area contributed by atoms with Crippen molar-refractivity contribution in [2.45, 2.75) is 39.3 Å². The van der Waals surface area contributed by atoms with Gasteiger partial charge in [-0.1, -0.05) is 51.1 Å². The summed E-state index contributed by atoms with van der Waals surface area (Å²) in [6.07, 6.45) is 2.68. The van der Waals surface area contributed by atoms with Gasteiger partial charge in [0.05, 0.1) is 17.8 Å². The van der Waals surface area contributed by atoms with Crippen molar-refractivity contribution >= 4 is 12.0 Å². The first-order valence-electron chi connectivity index (χ1n) is 10.4. The summed E-state index contributed by atoms with van der Waals surface area (Å²) < 4.78 is 1.73. The molecule has 3 N–H and O–H groups in total. The van der Waals surface area contributed by atoms with E-state index in [1.54, 1.807) is 23.1 Å². The molecule has 0 aliphatic heterocycles. The van der Waals surface area contributed by atoms with E-state index < -0.39 is 23.6 Å². The Morgan fingerprint density at radius 3 is 2.31 bits per heavy atom. The smallest absolute Gasteiger partial charge is 0.404 e. The number of nitrogens with zero attached hydrogens (tertiary/aromatic N) is 3. The summed E-state index contributed by atoms with van der Waals surface area (Å²) in [6.45, 7) is 5.83. The van der Waals surface area contributed by atoms with E-state index in [1.165, 1.54) is 0 Å². The number of rotatable bonds is 7. The maximum atomic E-state index is 13.1. The second kappa shape index (κ2) is 9.64. The van der Waals surface area contributed by atoms with Gasteiger partial charge in [-0.3, -0.25) is 14.5 Å². The molecule has 2 atom stereocenters. The summed E-state index contributed by atoms with van der Waals surface area (Å²) in [5.74, 6) is -0.357. The summed E-state index contributed by atoms with van der Waals surface area (Å²) in [6, 6.07) is 14.0. The number of carbonyl (C=O) groups excluding carboxylic acids is 1. The van der Waals surface area contributed by atoms with E-state index in [1.807, 2.05) is 70.3 Å². The van der Waals surface area contributed by atoms with Crippen LogP contribution in [0.4, 0.5) is 4.79 Å². The molecule has 0 spiro atoms. The van der Waals surface area contributed by atoms with Gasteiger partial charge in [0.2, 0.25) is 0 Å². The van der Waals surface area contributed by atoms with Gasteiger partial charge in [0, 0.05) is 25.0 Å². The largest absolute Gasteiger partial charge is 0.465 e. The lowest BCUT2D eigenvalue weighted by Gasteiger charge is -2.37. The predicted octanol–water partition coefficient (Wildman–Crippen LogP) is 3.51. The van der Waals surface area contributed by atoms with Gasteiger partial charge in [-0.2, -0.15) is 5.10 Å². The van der Waals surface area contributed by atoms with E-state index in [9.17, 15) is 14.7 Å². The van der Waals surface area contributed by atoms with E-state index in [0.717, 1.165) is 16.8 Å². The van der Waals surface area contributed by atoms with E-state index in [2.05, 4.69) is 20.7 Å². The zero-order valence-corrected chi connectivity index (χ0v) is 18.7. The van der Waals surface area contributed by atoms with Gasteiger partial charge in [0.25, 0.3) is 5.91 Å². The second-order valence-corrected chi connectivity index (χ2v) is 8.84. The average Bonchev–Trinajstić information content (AvgIpc) is 3.17. The molecule has 0 radical (unpaired) electrons. The summed E-state index contributed by atoms with van der Waals surface area (Å²) in [7, 11) is 1.84. The summed E-state index contributed by atoms with van der Waals surface area (Å²) in [5, 5.41) is 19.2. The minimum absolute atomic E-state index is 0.261. The number of pyridine rings is 1. The Hall–Kier alpha value is -3.68. The molecule has 0 saturated heterocycles. The maximum Gasteiger partial charge on any atom is 0.404 e. The van der Waals surface area contributed by atoms with Crippen molar-refractivity contribution in [3.63, 3.8) is 0 Å². The van der Waals surface area contributed by atoms with Crippen LogP contribution in [0.2, 0.25) is 0 Å². The highest BCUT2D eigenvalue weighted by atomic mass is 16.4. The summed E-state index contributed by atoms with van der Waals surface area (Å²) >= 11 is 0. The number of aromatic nitrogens is 3. The fourth-order valence-electron chi connectivity index (χ4n) is 3.75. The summed E-state index contributed by atoms with van der Waals surface area (Å²) in [4.78, 5) is 28.9. The third-order valence-electron chi connectivity index (χ3n) is 5.34. The quantitative estimate of drug-likeness (QED) is 0.526. The highest BCUT2D eigenvalue weighted by Crippen LogP contribution is 2.24. The first kappa shape index (κ1) is 23.0. The van der Waals surface area contributed by atoms with Gasteiger partial charge < -0.3 is 15.7 Å². The van der Waals surface area contributed by atoms with Gasteiger partial charge in [0.15, 0.2) is 0 Å². The Morgan fingerprint density at radius 2 is 1.78 bits per heavy atom. The molecule has 2 heterocycles. The molecule has 0 aliphatic rings. The standard InChI is InChI=1S/C24H29N5O3/c1-24(2,3)21(28-23(31)32)19(14-16-8-6-5-7-9-16)27-22(30)18-11-10-17(15-25-18)20-12-13-26-29(20)4/h5-13,15,19,21,28H,14H2,1-4H3,(H,27,30)(H,31,32).